The molecular formula is C14H14BrNO2. The number of ketones is 1. The fraction of sp³-hybridized carbons (Fsp3) is 0.429. The van der Waals surface area contributed by atoms with E-state index in [0.717, 1.165) is 29.3 Å². The molecule has 1 saturated heterocycles. The van der Waals surface area contributed by atoms with Gasteiger partial charge in [0.15, 0.2) is 5.78 Å². The van der Waals surface area contributed by atoms with Crippen LogP contribution in [0.3, 0.4) is 0 Å². The Morgan fingerprint density at radius 2 is 2.33 bits per heavy atom. The second-order valence-corrected chi connectivity index (χ2v) is 5.29. The molecule has 1 aliphatic heterocycles. The van der Waals surface area contributed by atoms with E-state index < -0.39 is 12.0 Å². The largest absolute Gasteiger partial charge is 0.370 e. The summed E-state index contributed by atoms with van der Waals surface area (Å²) >= 11 is 3.35. The van der Waals surface area contributed by atoms with Crippen LogP contribution < -0.4 is 0 Å². The van der Waals surface area contributed by atoms with Gasteiger partial charge in [-0.2, -0.15) is 5.26 Å². The molecule has 1 heterocycles. The second-order valence-electron chi connectivity index (χ2n) is 4.37. The third-order valence-corrected chi connectivity index (χ3v) is 3.59. The summed E-state index contributed by atoms with van der Waals surface area (Å²) in [7, 11) is 0. The van der Waals surface area contributed by atoms with Gasteiger partial charge in [-0.3, -0.25) is 4.79 Å². The quantitative estimate of drug-likeness (QED) is 0.861. The molecule has 3 nitrogen and oxygen atoms in total. The minimum absolute atomic E-state index is 0.115. The summed E-state index contributed by atoms with van der Waals surface area (Å²) in [5.74, 6) is -0.846. The highest BCUT2D eigenvalue weighted by Gasteiger charge is 2.30. The maximum Gasteiger partial charge on any atom is 0.183 e. The normalized spacial score (nSPS) is 21.0. The van der Waals surface area contributed by atoms with E-state index in [1.807, 2.05) is 18.2 Å². The summed E-state index contributed by atoms with van der Waals surface area (Å²) < 4.78 is 6.33. The molecule has 0 bridgehead atoms. The monoisotopic (exact) mass is 307 g/mol. The minimum Gasteiger partial charge on any atom is -0.370 e. The smallest absolute Gasteiger partial charge is 0.183 e. The standard InChI is InChI=1S/C14H14BrNO2/c15-11-5-3-4-10(8-11)12(9-16)14(17)13-6-1-2-7-18-13/h3-5,8,12-13H,1-2,6-7H2. The average molecular weight is 308 g/mol. The van der Waals surface area contributed by atoms with E-state index in [4.69, 9.17) is 4.74 Å². The van der Waals surface area contributed by atoms with Crippen LogP contribution in [0.4, 0.5) is 0 Å². The summed E-state index contributed by atoms with van der Waals surface area (Å²) in [4.78, 5) is 12.3. The zero-order valence-electron chi connectivity index (χ0n) is 9.93. The molecule has 1 aliphatic rings. The van der Waals surface area contributed by atoms with Gasteiger partial charge in [-0.1, -0.05) is 28.1 Å². The Balaban J connectivity index is 2.18. The summed E-state index contributed by atoms with van der Waals surface area (Å²) in [6.07, 6.45) is 2.30. The minimum atomic E-state index is -0.731. The number of nitrogens with zero attached hydrogens (tertiary/aromatic N) is 1. The molecule has 0 radical (unpaired) electrons. The van der Waals surface area contributed by atoms with Gasteiger partial charge in [0, 0.05) is 11.1 Å². The van der Waals surface area contributed by atoms with E-state index in [1.54, 1.807) is 6.07 Å². The number of halogens is 1. The fourth-order valence-corrected chi connectivity index (χ4v) is 2.56. The van der Waals surface area contributed by atoms with Crippen molar-refractivity contribution in [1.82, 2.24) is 0 Å². The maximum atomic E-state index is 12.3. The third-order valence-electron chi connectivity index (χ3n) is 3.09. The summed E-state index contributed by atoms with van der Waals surface area (Å²) in [6, 6.07) is 9.42. The Bertz CT molecular complexity index is 475. The molecule has 1 aromatic carbocycles. The predicted molar refractivity (Wildman–Crippen MR) is 71.1 cm³/mol. The Labute approximate surface area is 115 Å². The first-order chi connectivity index (χ1) is 8.72. The van der Waals surface area contributed by atoms with Crippen LogP contribution in [0, 0.1) is 11.3 Å². The summed E-state index contributed by atoms with van der Waals surface area (Å²) in [6.45, 7) is 0.618. The summed E-state index contributed by atoms with van der Waals surface area (Å²) in [5, 5.41) is 9.23. The van der Waals surface area contributed by atoms with Crippen molar-refractivity contribution in [2.24, 2.45) is 0 Å². The van der Waals surface area contributed by atoms with Gasteiger partial charge < -0.3 is 4.74 Å². The van der Waals surface area contributed by atoms with E-state index in [0.29, 0.717) is 6.61 Å². The Morgan fingerprint density at radius 1 is 1.50 bits per heavy atom. The van der Waals surface area contributed by atoms with Gasteiger partial charge in [-0.25, -0.2) is 0 Å². The molecule has 0 saturated carbocycles. The molecule has 4 heteroatoms. The van der Waals surface area contributed by atoms with Crippen LogP contribution in [0.15, 0.2) is 28.7 Å². The average Bonchev–Trinajstić information content (AvgIpc) is 2.40. The number of rotatable bonds is 3. The van der Waals surface area contributed by atoms with Crippen molar-refractivity contribution in [2.45, 2.75) is 31.3 Å². The van der Waals surface area contributed by atoms with E-state index >= 15 is 0 Å². The van der Waals surface area contributed by atoms with Crippen molar-refractivity contribution in [3.05, 3.63) is 34.3 Å². The summed E-state index contributed by atoms with van der Waals surface area (Å²) in [5.41, 5.74) is 0.728. The SMILES string of the molecule is N#CC(C(=O)C1CCCCO1)c1cccc(Br)c1. The molecule has 94 valence electrons. The van der Waals surface area contributed by atoms with Crippen molar-refractivity contribution in [1.29, 1.82) is 5.26 Å². The van der Waals surface area contributed by atoms with Crippen molar-refractivity contribution < 1.29 is 9.53 Å². The zero-order chi connectivity index (χ0) is 13.0. The van der Waals surface area contributed by atoms with Crippen molar-refractivity contribution in [3.63, 3.8) is 0 Å². The Hall–Kier alpha value is -1.18. The highest BCUT2D eigenvalue weighted by molar-refractivity contribution is 9.10. The van der Waals surface area contributed by atoms with E-state index in [1.165, 1.54) is 0 Å². The van der Waals surface area contributed by atoms with Gasteiger partial charge in [-0.15, -0.1) is 0 Å². The van der Waals surface area contributed by atoms with Crippen LogP contribution in [-0.4, -0.2) is 18.5 Å². The molecule has 0 aliphatic carbocycles. The lowest BCUT2D eigenvalue weighted by molar-refractivity contribution is -0.133. The number of hydrogen-bond acceptors (Lipinski definition) is 3. The number of carbonyl (C=O) groups is 1. The van der Waals surface area contributed by atoms with Crippen molar-refractivity contribution in [2.75, 3.05) is 6.61 Å². The molecule has 1 fully saturated rings. The molecular weight excluding hydrogens is 294 g/mol. The van der Waals surface area contributed by atoms with Gasteiger partial charge in [-0.05, 0) is 37.0 Å². The predicted octanol–water partition coefficient (Wildman–Crippen LogP) is 3.19. The lowest BCUT2D eigenvalue weighted by atomic mass is 9.90. The number of ether oxygens (including phenoxy) is 1. The lowest BCUT2D eigenvalue weighted by Gasteiger charge is -2.23. The van der Waals surface area contributed by atoms with Crippen LogP contribution in [-0.2, 0) is 9.53 Å². The number of benzene rings is 1. The molecule has 0 aromatic heterocycles. The van der Waals surface area contributed by atoms with Gasteiger partial charge in [0.2, 0.25) is 0 Å². The lowest BCUT2D eigenvalue weighted by Crippen LogP contribution is -2.32. The van der Waals surface area contributed by atoms with Gasteiger partial charge in [0.05, 0.1) is 6.07 Å². The van der Waals surface area contributed by atoms with Crippen LogP contribution in [0.2, 0.25) is 0 Å². The molecule has 2 rings (SSSR count). The highest BCUT2D eigenvalue weighted by atomic mass is 79.9. The van der Waals surface area contributed by atoms with Crippen molar-refractivity contribution >= 4 is 21.7 Å². The number of nitriles is 1. The molecule has 2 atom stereocenters. The third kappa shape index (κ3) is 2.98. The van der Waals surface area contributed by atoms with Crippen LogP contribution in [0.25, 0.3) is 0 Å². The Kier molecular flexibility index (Phi) is 4.51. The van der Waals surface area contributed by atoms with Crippen LogP contribution >= 0.6 is 15.9 Å². The molecule has 0 spiro atoms. The second kappa shape index (κ2) is 6.12. The topological polar surface area (TPSA) is 50.1 Å². The van der Waals surface area contributed by atoms with Crippen LogP contribution in [0.1, 0.15) is 30.7 Å². The van der Waals surface area contributed by atoms with Gasteiger partial charge in [0.1, 0.15) is 12.0 Å². The molecule has 1 aromatic rings. The first kappa shape index (κ1) is 13.3. The first-order valence-corrected chi connectivity index (χ1v) is 6.82. The van der Waals surface area contributed by atoms with Crippen LogP contribution in [0.5, 0.6) is 0 Å². The molecule has 0 amide bonds. The van der Waals surface area contributed by atoms with E-state index in [9.17, 15) is 10.1 Å². The molecule has 18 heavy (non-hydrogen) atoms. The molecule has 2 unspecified atom stereocenters. The van der Waals surface area contributed by atoms with E-state index in [-0.39, 0.29) is 5.78 Å². The van der Waals surface area contributed by atoms with Crippen molar-refractivity contribution in [3.8, 4) is 6.07 Å². The fourth-order valence-electron chi connectivity index (χ4n) is 2.14. The zero-order valence-corrected chi connectivity index (χ0v) is 11.5. The molecule has 0 N–H and O–H groups in total. The number of carbonyl (C=O) groups excluding carboxylic acids is 1. The first-order valence-electron chi connectivity index (χ1n) is 6.03. The van der Waals surface area contributed by atoms with Gasteiger partial charge >= 0.3 is 0 Å². The van der Waals surface area contributed by atoms with Gasteiger partial charge in [0.25, 0.3) is 0 Å². The highest BCUT2D eigenvalue weighted by Crippen LogP contribution is 2.25. The maximum absolute atomic E-state index is 12.3. The Morgan fingerprint density at radius 3 is 2.94 bits per heavy atom. The number of hydrogen-bond donors (Lipinski definition) is 0. The number of Topliss-reactive ketones (excluding diaryl/α,β-unsaturated/α-hetero) is 1. The van der Waals surface area contributed by atoms with E-state index in [2.05, 4.69) is 22.0 Å².